The Bertz CT molecular complexity index is 361. The summed E-state index contributed by atoms with van der Waals surface area (Å²) < 4.78 is 5.11. The Morgan fingerprint density at radius 2 is 1.83 bits per heavy atom. The van der Waals surface area contributed by atoms with E-state index in [0.717, 1.165) is 18.5 Å². The van der Waals surface area contributed by atoms with E-state index in [1.807, 2.05) is 31.1 Å². The summed E-state index contributed by atoms with van der Waals surface area (Å²) in [4.78, 5) is 13.4. The fourth-order valence-electron chi connectivity index (χ4n) is 1.45. The quantitative estimate of drug-likeness (QED) is 0.840. The normalized spacial score (nSPS) is 10.4. The number of aryl methyl sites for hydroxylation is 1. The van der Waals surface area contributed by atoms with Gasteiger partial charge in [-0.05, 0) is 31.6 Å². The van der Waals surface area contributed by atoms with Crippen molar-refractivity contribution in [1.82, 2.24) is 10.2 Å². The molecule has 4 nitrogen and oxygen atoms in total. The summed E-state index contributed by atoms with van der Waals surface area (Å²) >= 11 is 0. The van der Waals surface area contributed by atoms with Crippen molar-refractivity contribution in [3.8, 4) is 0 Å². The van der Waals surface area contributed by atoms with Crippen LogP contribution in [0, 0.1) is 0 Å². The van der Waals surface area contributed by atoms with Gasteiger partial charge in [0.1, 0.15) is 6.61 Å². The number of amides is 1. The minimum absolute atomic E-state index is 0.317. The van der Waals surface area contributed by atoms with Crippen LogP contribution < -0.4 is 5.32 Å². The third kappa shape index (κ3) is 5.68. The molecule has 0 saturated carbocycles. The second kappa shape index (κ2) is 7.71. The highest BCUT2D eigenvalue weighted by Gasteiger charge is 2.02. The van der Waals surface area contributed by atoms with Gasteiger partial charge < -0.3 is 15.0 Å². The zero-order chi connectivity index (χ0) is 13.4. The molecule has 18 heavy (non-hydrogen) atoms. The summed E-state index contributed by atoms with van der Waals surface area (Å²) in [5.41, 5.74) is 2.30. The van der Waals surface area contributed by atoms with E-state index in [4.69, 9.17) is 4.74 Å². The van der Waals surface area contributed by atoms with Crippen molar-refractivity contribution in [2.24, 2.45) is 0 Å². The van der Waals surface area contributed by atoms with Gasteiger partial charge in [0, 0.05) is 13.1 Å². The lowest BCUT2D eigenvalue weighted by molar-refractivity contribution is 0.139. The molecule has 1 amide bonds. The number of ether oxygens (including phenoxy) is 1. The van der Waals surface area contributed by atoms with Crippen LogP contribution in [0.15, 0.2) is 24.3 Å². The Kier molecular flexibility index (Phi) is 6.22. The van der Waals surface area contributed by atoms with E-state index in [1.165, 1.54) is 5.56 Å². The van der Waals surface area contributed by atoms with Crippen LogP contribution >= 0.6 is 0 Å². The maximum absolute atomic E-state index is 11.4. The Hall–Kier alpha value is -1.55. The van der Waals surface area contributed by atoms with E-state index in [1.54, 1.807) is 0 Å². The number of carbonyl (C=O) groups excluding carboxylic acids is 1. The minimum atomic E-state index is -0.364. The van der Waals surface area contributed by atoms with E-state index in [-0.39, 0.29) is 6.09 Å². The number of benzene rings is 1. The lowest BCUT2D eigenvalue weighted by Crippen LogP contribution is -2.31. The molecule has 0 aliphatic heterocycles. The van der Waals surface area contributed by atoms with Crippen LogP contribution in [-0.2, 0) is 17.8 Å². The van der Waals surface area contributed by atoms with Crippen LogP contribution in [0.1, 0.15) is 18.1 Å². The molecule has 0 radical (unpaired) electrons. The summed E-state index contributed by atoms with van der Waals surface area (Å²) in [5, 5.41) is 2.70. The highest BCUT2D eigenvalue weighted by atomic mass is 16.5. The predicted octanol–water partition coefficient (Wildman–Crippen LogP) is 2.04. The minimum Gasteiger partial charge on any atom is -0.445 e. The number of hydrogen-bond donors (Lipinski definition) is 1. The number of carbonyl (C=O) groups is 1. The first kappa shape index (κ1) is 14.5. The SMILES string of the molecule is CCc1ccc(COC(=O)NCCN(C)C)cc1. The Labute approximate surface area is 109 Å². The Balaban J connectivity index is 2.24. The Morgan fingerprint density at radius 3 is 2.39 bits per heavy atom. The molecule has 0 heterocycles. The number of nitrogens with one attached hydrogen (secondary N) is 1. The lowest BCUT2D eigenvalue weighted by atomic mass is 10.1. The van der Waals surface area contributed by atoms with Gasteiger partial charge >= 0.3 is 6.09 Å². The maximum Gasteiger partial charge on any atom is 0.407 e. The van der Waals surface area contributed by atoms with Crippen LogP contribution in [0.2, 0.25) is 0 Å². The van der Waals surface area contributed by atoms with Crippen molar-refractivity contribution >= 4 is 6.09 Å². The standard InChI is InChI=1S/C14H22N2O2/c1-4-12-5-7-13(8-6-12)11-18-14(17)15-9-10-16(2)3/h5-8H,4,9-11H2,1-3H3,(H,15,17). The number of nitrogens with zero attached hydrogens (tertiary/aromatic N) is 1. The van der Waals surface area contributed by atoms with Gasteiger partial charge in [0.05, 0.1) is 0 Å². The highest BCUT2D eigenvalue weighted by Crippen LogP contribution is 2.06. The summed E-state index contributed by atoms with van der Waals surface area (Å²) in [6.07, 6.45) is 0.656. The monoisotopic (exact) mass is 250 g/mol. The molecule has 0 bridgehead atoms. The Morgan fingerprint density at radius 1 is 1.22 bits per heavy atom. The molecule has 0 aliphatic carbocycles. The molecule has 4 heteroatoms. The van der Waals surface area contributed by atoms with Crippen LogP contribution in [-0.4, -0.2) is 38.2 Å². The van der Waals surface area contributed by atoms with Gasteiger partial charge in [-0.3, -0.25) is 0 Å². The van der Waals surface area contributed by atoms with Crippen molar-refractivity contribution in [3.63, 3.8) is 0 Å². The van der Waals surface area contributed by atoms with Gasteiger partial charge in [-0.1, -0.05) is 31.2 Å². The first-order chi connectivity index (χ1) is 8.61. The number of rotatable bonds is 6. The van der Waals surface area contributed by atoms with E-state index in [0.29, 0.717) is 13.2 Å². The molecule has 0 saturated heterocycles. The van der Waals surface area contributed by atoms with Crippen LogP contribution in [0.25, 0.3) is 0 Å². The average Bonchev–Trinajstić information content (AvgIpc) is 2.36. The third-order valence-electron chi connectivity index (χ3n) is 2.63. The zero-order valence-electron chi connectivity index (χ0n) is 11.4. The van der Waals surface area contributed by atoms with Crippen molar-refractivity contribution < 1.29 is 9.53 Å². The van der Waals surface area contributed by atoms with Gasteiger partial charge in [-0.25, -0.2) is 4.79 Å². The van der Waals surface area contributed by atoms with E-state index in [9.17, 15) is 4.79 Å². The third-order valence-corrected chi connectivity index (χ3v) is 2.63. The molecule has 0 fully saturated rings. The molecule has 0 aliphatic rings. The number of likely N-dealkylation sites (N-methyl/N-ethyl adjacent to an activating group) is 1. The van der Waals surface area contributed by atoms with Gasteiger partial charge in [-0.2, -0.15) is 0 Å². The van der Waals surface area contributed by atoms with Crippen LogP contribution in [0.5, 0.6) is 0 Å². The molecule has 1 aromatic rings. The second-order valence-corrected chi connectivity index (χ2v) is 4.48. The molecule has 0 atom stereocenters. The van der Waals surface area contributed by atoms with Crippen LogP contribution in [0.3, 0.4) is 0 Å². The molecule has 0 unspecified atom stereocenters. The predicted molar refractivity (Wildman–Crippen MR) is 72.6 cm³/mol. The van der Waals surface area contributed by atoms with Crippen molar-refractivity contribution in [2.75, 3.05) is 27.2 Å². The first-order valence-electron chi connectivity index (χ1n) is 6.25. The van der Waals surface area contributed by atoms with Gasteiger partial charge in [-0.15, -0.1) is 0 Å². The van der Waals surface area contributed by atoms with Gasteiger partial charge in [0.2, 0.25) is 0 Å². The summed E-state index contributed by atoms with van der Waals surface area (Å²) in [6.45, 7) is 3.84. The maximum atomic E-state index is 11.4. The fourth-order valence-corrected chi connectivity index (χ4v) is 1.45. The van der Waals surface area contributed by atoms with E-state index >= 15 is 0 Å². The van der Waals surface area contributed by atoms with E-state index in [2.05, 4.69) is 24.4 Å². The molecule has 1 N–H and O–H groups in total. The molecular formula is C14H22N2O2. The first-order valence-corrected chi connectivity index (χ1v) is 6.25. The average molecular weight is 250 g/mol. The van der Waals surface area contributed by atoms with Gasteiger partial charge in [0.25, 0.3) is 0 Å². The van der Waals surface area contributed by atoms with E-state index < -0.39 is 0 Å². The number of alkyl carbamates (subject to hydrolysis) is 1. The summed E-state index contributed by atoms with van der Waals surface area (Å²) in [7, 11) is 3.92. The largest absolute Gasteiger partial charge is 0.445 e. The zero-order valence-corrected chi connectivity index (χ0v) is 11.4. The highest BCUT2D eigenvalue weighted by molar-refractivity contribution is 5.67. The summed E-state index contributed by atoms with van der Waals surface area (Å²) in [5.74, 6) is 0. The lowest BCUT2D eigenvalue weighted by Gasteiger charge is -2.10. The molecule has 1 aromatic carbocycles. The molecular weight excluding hydrogens is 228 g/mol. The molecule has 0 aromatic heterocycles. The smallest absolute Gasteiger partial charge is 0.407 e. The fraction of sp³-hybridized carbons (Fsp3) is 0.500. The van der Waals surface area contributed by atoms with Crippen molar-refractivity contribution in [1.29, 1.82) is 0 Å². The molecule has 100 valence electrons. The summed E-state index contributed by atoms with van der Waals surface area (Å²) in [6, 6.07) is 8.10. The van der Waals surface area contributed by atoms with Crippen LogP contribution in [0.4, 0.5) is 4.79 Å². The van der Waals surface area contributed by atoms with Crippen molar-refractivity contribution in [3.05, 3.63) is 35.4 Å². The van der Waals surface area contributed by atoms with Crippen molar-refractivity contribution in [2.45, 2.75) is 20.0 Å². The molecule has 1 rings (SSSR count). The van der Waals surface area contributed by atoms with Gasteiger partial charge in [0.15, 0.2) is 0 Å². The molecule has 0 spiro atoms. The second-order valence-electron chi connectivity index (χ2n) is 4.48. The topological polar surface area (TPSA) is 41.6 Å². The number of hydrogen-bond acceptors (Lipinski definition) is 3.